The minimum Gasteiger partial charge on any atom is -1.00 e. The Kier molecular flexibility index (Phi) is 60.0. The molecule has 0 bridgehead atoms. The standard InChI is InChI=1S/2C24H29BNP.4C18H33P.C6H14.2Ru.4H/c2*1-19(2)26(20(3)4)25-23-17-11-12-18-24(23)27(21-13-7-5-8-14-21)22-15-9-6-10-16-22;4*1-4-10-16(11-5-1)19(17-12-6-2-7-13-17)18-14-8-3-9-15-18;1-3-5-6-4-2;;;;;;/h2*5-20,25H,1-4H3;4*16-18H,1-15H2;3-6H2,1-2H3;;;;;;/q;;;;;;;2*+2;4*-1. The van der Waals surface area contributed by atoms with Crippen LogP contribution in [0.1, 0.15) is 486 Å². The van der Waals surface area contributed by atoms with E-state index in [9.17, 15) is 0 Å². The molecule has 0 spiro atoms. The Morgan fingerprint density at radius 1 is 0.210 bits per heavy atom. The number of nitrogens with zero attached hydrogens (tertiary/aromatic N) is 2. The van der Waals surface area contributed by atoms with Gasteiger partial charge >= 0.3 is 39.0 Å². The zero-order chi connectivity index (χ0) is 94.9. The van der Waals surface area contributed by atoms with Gasteiger partial charge in [-0.2, -0.15) is 0 Å². The predicted octanol–water partition coefficient (Wildman–Crippen LogP) is 36.0. The summed E-state index contributed by atoms with van der Waals surface area (Å²) in [5.74, 6) is 0. The van der Waals surface area contributed by atoms with Crippen LogP contribution in [0.25, 0.3) is 0 Å². The fourth-order valence-corrected chi connectivity index (χ4v) is 51.5. The number of benzene rings is 6. The molecule has 0 atom stereocenters. The van der Waals surface area contributed by atoms with Crippen molar-refractivity contribution in [3.05, 3.63) is 170 Å². The molecule has 0 saturated heterocycles. The Bertz CT molecular complexity index is 3350. The van der Waals surface area contributed by atoms with Gasteiger partial charge in [0, 0.05) is 0 Å². The molecule has 0 N–H and O–H groups in total. The summed E-state index contributed by atoms with van der Waals surface area (Å²) in [6, 6.07) is 64.0. The van der Waals surface area contributed by atoms with Crippen LogP contribution in [0.3, 0.4) is 0 Å². The summed E-state index contributed by atoms with van der Waals surface area (Å²) >= 11 is 0. The van der Waals surface area contributed by atoms with Crippen LogP contribution in [-0.2, 0) is 39.0 Å². The van der Waals surface area contributed by atoms with Crippen molar-refractivity contribution < 1.29 is 44.7 Å². The van der Waals surface area contributed by atoms with Crippen molar-refractivity contribution in [2.24, 2.45) is 0 Å². The molecule has 0 unspecified atom stereocenters. The largest absolute Gasteiger partial charge is 2.00 e. The molecule has 2 nitrogen and oxygen atoms in total. The van der Waals surface area contributed by atoms with Gasteiger partial charge in [0.15, 0.2) is 0 Å². The molecular formula is C126H208B2N2P6Ru2. The van der Waals surface area contributed by atoms with Crippen LogP contribution in [0.2, 0.25) is 0 Å². The summed E-state index contributed by atoms with van der Waals surface area (Å²) in [4.78, 5) is 5.14. The third-order valence-corrected chi connectivity index (χ3v) is 56.2. The molecule has 774 valence electrons. The third-order valence-electron chi connectivity index (χ3n) is 34.8. The van der Waals surface area contributed by atoms with Crippen molar-refractivity contribution in [3.63, 3.8) is 0 Å². The van der Waals surface area contributed by atoms with Gasteiger partial charge < -0.3 is 15.3 Å². The van der Waals surface area contributed by atoms with Gasteiger partial charge in [-0.3, -0.25) is 0 Å². The monoisotopic (exact) mass is 2160 g/mol. The Labute approximate surface area is 894 Å². The number of hydrogen-bond acceptors (Lipinski definition) is 2. The quantitative estimate of drug-likeness (QED) is 0.0262. The van der Waals surface area contributed by atoms with E-state index < -0.39 is 15.8 Å². The summed E-state index contributed by atoms with van der Waals surface area (Å²) in [6.07, 6.45) is 100. The normalized spacial score (nSPS) is 20.8. The smallest absolute Gasteiger partial charge is 1.00 e. The average Bonchev–Trinajstić information content (AvgIpc) is 0.792. The zero-order valence-electron chi connectivity index (χ0n) is 94.4. The topological polar surface area (TPSA) is 6.48 Å². The van der Waals surface area contributed by atoms with Crippen LogP contribution in [-0.4, -0.2) is 117 Å². The second-order valence-corrected chi connectivity index (χ2v) is 62.7. The van der Waals surface area contributed by atoms with Crippen molar-refractivity contribution in [1.29, 1.82) is 0 Å². The molecule has 12 aliphatic rings. The SMILES string of the molecule is C1CCC(P(C2CCCCC2)C2CCCCC2)CC1.C1CCC(P(C2CCCCC2)C2CCCCC2)CC1.C1CCC(P(C2CCCCC2)C2CCCCC2)CC1.C1CCC(P(C2CCCCC2)C2CCCCC2)CC1.CC(C)N(Bc1ccccc1P(c1ccccc1)c1ccccc1)C(C)C.CC(C)N(Bc1ccccc1P(c1ccccc1)c1ccccc1)C(C)C.CCCCCC.[H-].[H-].[H-].[H-].[Ru+2].[Ru+2]. The summed E-state index contributed by atoms with van der Waals surface area (Å²) in [7, 11) is 2.39. The second kappa shape index (κ2) is 69.5. The molecule has 0 aliphatic heterocycles. The van der Waals surface area contributed by atoms with E-state index in [0.717, 1.165) is 14.8 Å². The first-order valence-electron chi connectivity index (χ1n) is 59.4. The Balaban J connectivity index is 0.000000257. The van der Waals surface area contributed by atoms with Crippen LogP contribution in [0.15, 0.2) is 170 Å². The molecule has 12 fully saturated rings. The molecule has 138 heavy (non-hydrogen) atoms. The first-order valence-corrected chi connectivity index (χ1v) is 68.3. The van der Waals surface area contributed by atoms with E-state index in [2.05, 4.69) is 249 Å². The first-order chi connectivity index (χ1) is 66.9. The number of unbranched alkanes of at least 4 members (excludes halogenated alkanes) is 3. The van der Waals surface area contributed by atoms with E-state index in [-0.39, 0.29) is 44.7 Å². The van der Waals surface area contributed by atoms with Gasteiger partial charge in [-0.15, -0.1) is 0 Å². The van der Waals surface area contributed by atoms with E-state index in [0.29, 0.717) is 55.9 Å². The van der Waals surface area contributed by atoms with Gasteiger partial charge in [-0.1, -0.05) is 539 Å². The van der Waals surface area contributed by atoms with Crippen molar-refractivity contribution in [1.82, 2.24) is 9.62 Å². The van der Waals surface area contributed by atoms with E-state index in [1.165, 1.54) is 213 Å². The maximum absolute atomic E-state index is 2.57. The Hall–Kier alpha value is -0.803. The molecule has 0 amide bonds. The van der Waals surface area contributed by atoms with Crippen LogP contribution in [0.4, 0.5) is 0 Å². The van der Waals surface area contributed by atoms with Gasteiger partial charge in [0.25, 0.3) is 0 Å². The first kappa shape index (κ1) is 119. The molecule has 0 aromatic heterocycles. The maximum atomic E-state index is 2.57. The maximum Gasteiger partial charge on any atom is 2.00 e. The van der Waals surface area contributed by atoms with E-state index in [1.54, 1.807) is 308 Å². The number of rotatable bonds is 29. The summed E-state index contributed by atoms with van der Waals surface area (Å²) in [5.41, 5.74) is 17.2. The summed E-state index contributed by atoms with van der Waals surface area (Å²) in [6.45, 7) is 22.8. The van der Waals surface area contributed by atoms with Crippen LogP contribution < -0.4 is 42.8 Å². The van der Waals surface area contributed by atoms with Crippen LogP contribution in [0, 0.1) is 0 Å². The van der Waals surface area contributed by atoms with Gasteiger partial charge in [0.05, 0.1) is 0 Å². The third kappa shape index (κ3) is 39.5. The Morgan fingerprint density at radius 3 is 0.486 bits per heavy atom. The van der Waals surface area contributed by atoms with Crippen molar-refractivity contribution in [2.45, 2.75) is 572 Å². The molecule has 12 aliphatic carbocycles. The average molecular weight is 2160 g/mol. The summed E-state index contributed by atoms with van der Waals surface area (Å²) in [5, 5.41) is 8.57. The molecule has 12 heteroatoms. The minimum absolute atomic E-state index is 0. The predicted molar refractivity (Wildman–Crippen MR) is 633 cm³/mol. The van der Waals surface area contributed by atoms with Crippen molar-refractivity contribution in [3.8, 4) is 0 Å². The van der Waals surface area contributed by atoms with Gasteiger partial charge in [0.2, 0.25) is 14.8 Å². The van der Waals surface area contributed by atoms with Crippen molar-refractivity contribution in [2.75, 3.05) is 0 Å². The van der Waals surface area contributed by atoms with E-state index in [4.69, 9.17) is 0 Å². The molecular weight excluding hydrogens is 1950 g/mol. The molecule has 0 radical (unpaired) electrons. The number of hydrogen-bond donors (Lipinski definition) is 0. The fourth-order valence-electron chi connectivity index (χ4n) is 27.8. The summed E-state index contributed by atoms with van der Waals surface area (Å²) < 4.78 is 0. The van der Waals surface area contributed by atoms with Gasteiger partial charge in [-0.25, -0.2) is 0 Å². The van der Waals surface area contributed by atoms with Crippen molar-refractivity contribution >= 4 is 105 Å². The zero-order valence-corrected chi connectivity index (χ0v) is 99.2. The van der Waals surface area contributed by atoms with Crippen LogP contribution in [0.5, 0.6) is 0 Å². The molecule has 18 rings (SSSR count). The van der Waals surface area contributed by atoms with E-state index >= 15 is 0 Å². The molecule has 12 saturated carbocycles. The second-order valence-electron chi connectivity index (χ2n) is 46.0. The Morgan fingerprint density at radius 2 is 0.348 bits per heavy atom. The van der Waals surface area contributed by atoms with Gasteiger partial charge in [-0.05, 0) is 294 Å². The molecule has 6 aromatic carbocycles. The fraction of sp³-hybridized carbons (Fsp3) is 0.714. The molecule has 0 heterocycles. The molecule has 6 aromatic rings. The van der Waals surface area contributed by atoms with E-state index in [1.807, 2.05) is 0 Å². The van der Waals surface area contributed by atoms with Gasteiger partial charge in [0.1, 0.15) is 0 Å². The van der Waals surface area contributed by atoms with Crippen LogP contribution >= 0.6 is 47.5 Å². The minimum atomic E-state index is -0.563.